The highest BCUT2D eigenvalue weighted by atomic mass is 35.5. The molecule has 0 radical (unpaired) electrons. The van der Waals surface area contributed by atoms with Crippen LogP contribution in [0.15, 0.2) is 53.7 Å². The Morgan fingerprint density at radius 3 is 2.27 bits per heavy atom. The Hall–Kier alpha value is -3.24. The maximum Gasteiger partial charge on any atom is 0.407 e. The maximum atomic E-state index is 11.9. The topological polar surface area (TPSA) is 120 Å². The average Bonchev–Trinajstić information content (AvgIpc) is 2.90. The molecule has 3 aromatic rings. The number of para-hydroxylation sites is 1. The van der Waals surface area contributed by atoms with Crippen molar-refractivity contribution in [2.45, 2.75) is 82.2 Å². The number of benzene rings is 2. The number of carbonyl (C=O) groups excluding carboxylic acids is 1. The molecule has 0 bridgehead atoms. The highest BCUT2D eigenvalue weighted by molar-refractivity contribution is 7.98. The van der Waals surface area contributed by atoms with Gasteiger partial charge >= 0.3 is 6.09 Å². The van der Waals surface area contributed by atoms with Gasteiger partial charge in [-0.15, -0.1) is 0 Å². The largest absolute Gasteiger partial charge is 0.444 e. The van der Waals surface area contributed by atoms with Crippen molar-refractivity contribution in [1.29, 1.82) is 0 Å². The fraction of sp³-hybridized carbons (Fsp3) is 0.448. The second-order valence-electron chi connectivity index (χ2n) is 10.3. The van der Waals surface area contributed by atoms with Crippen molar-refractivity contribution in [3.63, 3.8) is 0 Å². The number of hydrogen-bond acceptors (Lipinski definition) is 8. The van der Waals surface area contributed by atoms with Gasteiger partial charge in [-0.05, 0) is 64.2 Å². The number of hydrogen-bond donors (Lipinski definition) is 1. The molecule has 0 saturated heterocycles. The molecule has 9 nitrogen and oxygen atoms in total. The van der Waals surface area contributed by atoms with Gasteiger partial charge in [-0.3, -0.25) is 10.1 Å². The molecule has 1 amide bonds. The fourth-order valence-corrected chi connectivity index (χ4v) is 4.84. The number of carbonyl (C=O) groups is 1. The van der Waals surface area contributed by atoms with Gasteiger partial charge in [0, 0.05) is 41.8 Å². The van der Waals surface area contributed by atoms with E-state index in [-0.39, 0.29) is 10.6 Å². The second-order valence-corrected chi connectivity index (χ2v) is 11.7. The maximum absolute atomic E-state index is 11.9. The third kappa shape index (κ3) is 11.5. The molecule has 1 aromatic heterocycles. The number of aryl methyl sites for hydroxylation is 3. The second kappa shape index (κ2) is 15.5. The molecular weight excluding hydrogens is 550 g/mol. The summed E-state index contributed by atoms with van der Waals surface area (Å²) in [7, 11) is 0. The molecule has 3 rings (SSSR count). The quantitative estimate of drug-likeness (QED) is 0.0917. The normalized spacial score (nSPS) is 11.3. The third-order valence-electron chi connectivity index (χ3n) is 5.77. The van der Waals surface area contributed by atoms with E-state index < -0.39 is 11.7 Å². The Morgan fingerprint density at radius 1 is 0.950 bits per heavy atom. The van der Waals surface area contributed by atoms with Gasteiger partial charge in [-0.1, -0.05) is 60.1 Å². The van der Waals surface area contributed by atoms with E-state index in [1.54, 1.807) is 23.9 Å². The summed E-state index contributed by atoms with van der Waals surface area (Å²) < 4.78 is 5.28. The van der Waals surface area contributed by atoms with Crippen molar-refractivity contribution in [3.05, 3.63) is 86.4 Å². The highest BCUT2D eigenvalue weighted by Crippen LogP contribution is 2.22. The SMILES string of the molecule is CC(C)(C)OC(=O)NCCCc1nc(CCCCCc2ccccc2[N+](=O)[O-])nc(SCc2ccc(Cl)cc2)n1. The van der Waals surface area contributed by atoms with Crippen LogP contribution in [0.1, 0.15) is 69.2 Å². The number of nitrogens with zero attached hydrogens (tertiary/aromatic N) is 4. The van der Waals surface area contributed by atoms with E-state index in [0.717, 1.165) is 36.2 Å². The van der Waals surface area contributed by atoms with Crippen LogP contribution in [0.25, 0.3) is 0 Å². The van der Waals surface area contributed by atoms with Gasteiger partial charge in [0.05, 0.1) is 4.92 Å². The number of unbranched alkanes of at least 4 members (excludes halogenated alkanes) is 2. The average molecular weight is 586 g/mol. The summed E-state index contributed by atoms with van der Waals surface area (Å²) in [5.41, 5.74) is 1.51. The molecule has 40 heavy (non-hydrogen) atoms. The number of nitrogens with one attached hydrogen (secondary N) is 1. The van der Waals surface area contributed by atoms with Crippen molar-refractivity contribution in [3.8, 4) is 0 Å². The molecule has 0 unspecified atom stereocenters. The van der Waals surface area contributed by atoms with Crippen LogP contribution in [0.4, 0.5) is 10.5 Å². The fourth-order valence-electron chi connectivity index (χ4n) is 3.89. The van der Waals surface area contributed by atoms with Gasteiger partial charge in [0.15, 0.2) is 5.16 Å². The first-order valence-electron chi connectivity index (χ1n) is 13.4. The predicted molar refractivity (Wildman–Crippen MR) is 158 cm³/mol. The lowest BCUT2D eigenvalue weighted by atomic mass is 10.0. The van der Waals surface area contributed by atoms with Crippen LogP contribution in [-0.4, -0.2) is 38.1 Å². The summed E-state index contributed by atoms with van der Waals surface area (Å²) in [6, 6.07) is 14.6. The molecule has 0 spiro atoms. The minimum atomic E-state index is -0.542. The first kappa shape index (κ1) is 31.3. The lowest BCUT2D eigenvalue weighted by Gasteiger charge is -2.19. The summed E-state index contributed by atoms with van der Waals surface area (Å²) in [4.78, 5) is 36.9. The highest BCUT2D eigenvalue weighted by Gasteiger charge is 2.16. The summed E-state index contributed by atoms with van der Waals surface area (Å²) >= 11 is 7.55. The van der Waals surface area contributed by atoms with Gasteiger partial charge in [0.1, 0.15) is 17.2 Å². The van der Waals surface area contributed by atoms with Crippen LogP contribution in [-0.2, 0) is 29.8 Å². The molecule has 0 aliphatic rings. The van der Waals surface area contributed by atoms with Crippen molar-refractivity contribution in [2.75, 3.05) is 6.54 Å². The Labute approximate surface area is 244 Å². The van der Waals surface area contributed by atoms with Gasteiger partial charge in [-0.25, -0.2) is 19.7 Å². The van der Waals surface area contributed by atoms with Crippen LogP contribution in [0.2, 0.25) is 5.02 Å². The van der Waals surface area contributed by atoms with Crippen molar-refractivity contribution in [1.82, 2.24) is 20.3 Å². The van der Waals surface area contributed by atoms with E-state index >= 15 is 0 Å². The molecule has 0 aliphatic heterocycles. The zero-order valence-electron chi connectivity index (χ0n) is 23.2. The summed E-state index contributed by atoms with van der Waals surface area (Å²) in [6.45, 7) is 5.93. The van der Waals surface area contributed by atoms with Gasteiger partial charge in [0.2, 0.25) is 0 Å². The number of nitro benzene ring substituents is 1. The number of halogens is 1. The monoisotopic (exact) mass is 585 g/mol. The molecular formula is C29H36ClN5O4S. The van der Waals surface area contributed by atoms with E-state index in [9.17, 15) is 14.9 Å². The van der Waals surface area contributed by atoms with Crippen LogP contribution in [0.5, 0.6) is 0 Å². The number of amides is 1. The van der Waals surface area contributed by atoms with Crippen LogP contribution < -0.4 is 5.32 Å². The zero-order chi connectivity index (χ0) is 29.0. The minimum absolute atomic E-state index is 0.174. The van der Waals surface area contributed by atoms with E-state index in [2.05, 4.69) is 15.3 Å². The van der Waals surface area contributed by atoms with Gasteiger partial charge in [0.25, 0.3) is 5.69 Å². The van der Waals surface area contributed by atoms with Gasteiger partial charge in [-0.2, -0.15) is 0 Å². The zero-order valence-corrected chi connectivity index (χ0v) is 24.8. The van der Waals surface area contributed by atoms with Crippen molar-refractivity contribution < 1.29 is 14.5 Å². The van der Waals surface area contributed by atoms with Crippen LogP contribution in [0.3, 0.4) is 0 Å². The first-order chi connectivity index (χ1) is 19.1. The molecule has 214 valence electrons. The summed E-state index contributed by atoms with van der Waals surface area (Å²) in [5.74, 6) is 2.12. The molecule has 11 heteroatoms. The molecule has 1 heterocycles. The Bertz CT molecular complexity index is 1270. The lowest BCUT2D eigenvalue weighted by molar-refractivity contribution is -0.385. The summed E-state index contributed by atoms with van der Waals surface area (Å²) in [6.07, 6.45) is 4.79. The molecule has 0 saturated carbocycles. The Kier molecular flexibility index (Phi) is 12.1. The van der Waals surface area contributed by atoms with E-state index in [1.165, 1.54) is 0 Å². The molecule has 0 atom stereocenters. The number of aromatic nitrogens is 3. The van der Waals surface area contributed by atoms with Crippen LogP contribution in [0, 0.1) is 10.1 Å². The Morgan fingerprint density at radius 2 is 1.60 bits per heavy atom. The number of nitro groups is 1. The van der Waals surface area contributed by atoms with Crippen molar-refractivity contribution >= 4 is 35.1 Å². The summed E-state index contributed by atoms with van der Waals surface area (Å²) in [5, 5.41) is 15.4. The molecule has 0 aliphatic carbocycles. The third-order valence-corrected chi connectivity index (χ3v) is 6.94. The predicted octanol–water partition coefficient (Wildman–Crippen LogP) is 7.14. The van der Waals surface area contributed by atoms with Crippen molar-refractivity contribution in [2.24, 2.45) is 0 Å². The van der Waals surface area contributed by atoms with E-state index in [0.29, 0.717) is 54.0 Å². The molecule has 0 fully saturated rings. The van der Waals surface area contributed by atoms with E-state index in [4.69, 9.17) is 21.3 Å². The Balaban J connectivity index is 1.56. The molecule has 2 aromatic carbocycles. The minimum Gasteiger partial charge on any atom is -0.444 e. The number of ether oxygens (including phenoxy) is 1. The lowest BCUT2D eigenvalue weighted by Crippen LogP contribution is -2.33. The standard InChI is InChI=1S/C29H36ClN5O4S/c1-29(2,3)39-28(36)31-19-9-14-26-32-25(33-27(34-26)40-20-21-15-17-23(30)18-16-21)13-6-4-5-10-22-11-7-8-12-24(22)35(37)38/h7-8,11-12,15-18H,4-6,9-10,13-14,19-20H2,1-3H3,(H,31,36). The number of thioether (sulfide) groups is 1. The number of rotatable bonds is 14. The first-order valence-corrected chi connectivity index (χ1v) is 14.8. The number of alkyl carbamates (subject to hydrolysis) is 1. The van der Waals surface area contributed by atoms with Crippen LogP contribution >= 0.6 is 23.4 Å². The van der Waals surface area contributed by atoms with Gasteiger partial charge < -0.3 is 10.1 Å². The molecule has 1 N–H and O–H groups in total. The van der Waals surface area contributed by atoms with E-state index in [1.807, 2.05) is 57.2 Å². The smallest absolute Gasteiger partial charge is 0.407 e.